The maximum atomic E-state index is 12.1. The van der Waals surface area contributed by atoms with Crippen LogP contribution in [0, 0.1) is 0 Å². The summed E-state index contributed by atoms with van der Waals surface area (Å²) < 4.78 is 0. The summed E-state index contributed by atoms with van der Waals surface area (Å²) in [6.07, 6.45) is 6.18. The van der Waals surface area contributed by atoms with E-state index in [1.54, 1.807) is 0 Å². The second kappa shape index (κ2) is 6.27. The molecule has 0 radical (unpaired) electrons. The molecular formula is C16H20N4O2. The van der Waals surface area contributed by atoms with Crippen molar-refractivity contribution in [3.05, 3.63) is 30.6 Å². The molecule has 1 fully saturated rings. The third-order valence-electron chi connectivity index (χ3n) is 4.13. The minimum atomic E-state index is -0.831. The van der Waals surface area contributed by atoms with Gasteiger partial charge in [0.25, 0.3) is 0 Å². The van der Waals surface area contributed by atoms with Gasteiger partial charge in [0.05, 0.1) is 12.0 Å². The van der Waals surface area contributed by atoms with Crippen molar-refractivity contribution in [2.45, 2.75) is 44.1 Å². The molecule has 0 spiro atoms. The van der Waals surface area contributed by atoms with E-state index in [1.807, 2.05) is 24.3 Å². The number of nitrogens with one attached hydrogen (secondary N) is 2. The number of aromatic nitrogens is 3. The van der Waals surface area contributed by atoms with Crippen molar-refractivity contribution >= 4 is 11.6 Å². The second-order valence-corrected chi connectivity index (χ2v) is 5.92. The van der Waals surface area contributed by atoms with Crippen LogP contribution in [0.4, 0.5) is 5.69 Å². The Morgan fingerprint density at radius 3 is 2.59 bits per heavy atom. The number of hydrogen-bond donors (Lipinski definition) is 3. The molecule has 6 nitrogen and oxygen atoms in total. The van der Waals surface area contributed by atoms with Crippen LogP contribution in [-0.2, 0) is 4.79 Å². The molecule has 1 aliphatic carbocycles. The highest BCUT2D eigenvalue weighted by Gasteiger charge is 2.31. The van der Waals surface area contributed by atoms with Crippen molar-refractivity contribution in [1.82, 2.24) is 15.2 Å². The molecule has 116 valence electrons. The highest BCUT2D eigenvalue weighted by Crippen LogP contribution is 2.31. The molecule has 0 unspecified atom stereocenters. The third-order valence-corrected chi connectivity index (χ3v) is 4.13. The largest absolute Gasteiger partial charge is 0.389 e. The van der Waals surface area contributed by atoms with E-state index in [-0.39, 0.29) is 12.3 Å². The Bertz CT molecular complexity index is 616. The standard InChI is InChI=1S/C16H20N4O2/c21-14(10-16(22)8-2-1-3-9-16)19-13-6-4-12(5-7-13)15-17-11-18-20-15/h4-7,11,22H,1-3,8-10H2,(H,19,21)(H,17,18,20). The van der Waals surface area contributed by atoms with E-state index in [9.17, 15) is 9.90 Å². The summed E-state index contributed by atoms with van der Waals surface area (Å²) in [7, 11) is 0. The lowest BCUT2D eigenvalue weighted by molar-refractivity contribution is -0.122. The molecule has 1 amide bonds. The van der Waals surface area contributed by atoms with Crippen LogP contribution in [0.3, 0.4) is 0 Å². The minimum absolute atomic E-state index is 0.142. The first kappa shape index (κ1) is 14.7. The van der Waals surface area contributed by atoms with Crippen LogP contribution < -0.4 is 5.32 Å². The third kappa shape index (κ3) is 3.51. The van der Waals surface area contributed by atoms with E-state index in [4.69, 9.17) is 0 Å². The van der Waals surface area contributed by atoms with E-state index < -0.39 is 5.60 Å². The molecule has 1 saturated carbocycles. The van der Waals surface area contributed by atoms with Crippen LogP contribution in [0.1, 0.15) is 38.5 Å². The zero-order valence-electron chi connectivity index (χ0n) is 12.4. The minimum Gasteiger partial charge on any atom is -0.389 e. The van der Waals surface area contributed by atoms with Crippen LogP contribution in [0.5, 0.6) is 0 Å². The summed E-state index contributed by atoms with van der Waals surface area (Å²) in [5.74, 6) is 0.547. The number of hydrogen-bond acceptors (Lipinski definition) is 4. The fourth-order valence-electron chi connectivity index (χ4n) is 2.95. The smallest absolute Gasteiger partial charge is 0.227 e. The molecule has 0 saturated heterocycles. The number of aliphatic hydroxyl groups is 1. The van der Waals surface area contributed by atoms with Gasteiger partial charge in [0.2, 0.25) is 5.91 Å². The monoisotopic (exact) mass is 300 g/mol. The van der Waals surface area contributed by atoms with Gasteiger partial charge in [-0.3, -0.25) is 9.89 Å². The first-order chi connectivity index (χ1) is 10.6. The maximum Gasteiger partial charge on any atom is 0.227 e. The Hall–Kier alpha value is -2.21. The summed E-state index contributed by atoms with van der Waals surface area (Å²) >= 11 is 0. The highest BCUT2D eigenvalue weighted by molar-refractivity contribution is 5.91. The average Bonchev–Trinajstić information content (AvgIpc) is 3.02. The van der Waals surface area contributed by atoms with E-state index in [0.717, 1.165) is 24.8 Å². The van der Waals surface area contributed by atoms with Gasteiger partial charge in [-0.1, -0.05) is 19.3 Å². The van der Waals surface area contributed by atoms with Gasteiger partial charge in [-0.05, 0) is 37.1 Å². The molecule has 1 aromatic carbocycles. The first-order valence-corrected chi connectivity index (χ1v) is 7.63. The fourth-order valence-corrected chi connectivity index (χ4v) is 2.95. The molecule has 2 aromatic rings. The number of anilines is 1. The molecule has 3 rings (SSSR count). The first-order valence-electron chi connectivity index (χ1n) is 7.63. The number of carbonyl (C=O) groups excluding carboxylic acids is 1. The number of aromatic amines is 1. The SMILES string of the molecule is O=C(CC1(O)CCCCC1)Nc1ccc(-c2ncn[nH]2)cc1. The van der Waals surface area contributed by atoms with E-state index in [2.05, 4.69) is 20.5 Å². The summed E-state index contributed by atoms with van der Waals surface area (Å²) in [4.78, 5) is 16.2. The molecule has 1 aliphatic rings. The predicted molar refractivity (Wildman–Crippen MR) is 83.1 cm³/mol. The topological polar surface area (TPSA) is 90.9 Å². The quantitative estimate of drug-likeness (QED) is 0.809. The lowest BCUT2D eigenvalue weighted by atomic mass is 9.82. The summed E-state index contributed by atoms with van der Waals surface area (Å²) in [6, 6.07) is 7.37. The number of amides is 1. The summed E-state index contributed by atoms with van der Waals surface area (Å²) in [5.41, 5.74) is 0.788. The van der Waals surface area contributed by atoms with Gasteiger partial charge in [0, 0.05) is 11.3 Å². The maximum absolute atomic E-state index is 12.1. The number of nitrogens with zero attached hydrogens (tertiary/aromatic N) is 2. The van der Waals surface area contributed by atoms with Crippen LogP contribution in [0.25, 0.3) is 11.4 Å². The zero-order chi connectivity index (χ0) is 15.4. The van der Waals surface area contributed by atoms with Crippen molar-refractivity contribution in [2.24, 2.45) is 0 Å². The van der Waals surface area contributed by atoms with Crippen molar-refractivity contribution < 1.29 is 9.90 Å². The van der Waals surface area contributed by atoms with Gasteiger partial charge in [0.1, 0.15) is 6.33 Å². The van der Waals surface area contributed by atoms with Gasteiger partial charge in [-0.15, -0.1) is 0 Å². The normalized spacial score (nSPS) is 17.1. The van der Waals surface area contributed by atoms with Crippen molar-refractivity contribution in [1.29, 1.82) is 0 Å². The van der Waals surface area contributed by atoms with Gasteiger partial charge in [-0.25, -0.2) is 4.98 Å². The Labute approximate surface area is 129 Å². The van der Waals surface area contributed by atoms with E-state index >= 15 is 0 Å². The lowest BCUT2D eigenvalue weighted by Crippen LogP contribution is -2.35. The Kier molecular flexibility index (Phi) is 4.20. The molecule has 3 N–H and O–H groups in total. The number of H-pyrrole nitrogens is 1. The molecule has 22 heavy (non-hydrogen) atoms. The second-order valence-electron chi connectivity index (χ2n) is 5.92. The van der Waals surface area contributed by atoms with Crippen molar-refractivity contribution in [3.63, 3.8) is 0 Å². The van der Waals surface area contributed by atoms with Gasteiger partial charge in [0.15, 0.2) is 5.82 Å². The molecule has 0 atom stereocenters. The zero-order valence-corrected chi connectivity index (χ0v) is 12.4. The number of carbonyl (C=O) groups is 1. The lowest BCUT2D eigenvalue weighted by Gasteiger charge is -2.31. The van der Waals surface area contributed by atoms with Gasteiger partial charge >= 0.3 is 0 Å². The van der Waals surface area contributed by atoms with Crippen LogP contribution in [-0.4, -0.2) is 31.8 Å². The summed E-state index contributed by atoms with van der Waals surface area (Å²) in [6.45, 7) is 0. The Morgan fingerprint density at radius 2 is 1.95 bits per heavy atom. The highest BCUT2D eigenvalue weighted by atomic mass is 16.3. The fraction of sp³-hybridized carbons (Fsp3) is 0.438. The van der Waals surface area contributed by atoms with Gasteiger partial charge < -0.3 is 10.4 Å². The molecular weight excluding hydrogens is 280 g/mol. The molecule has 6 heteroatoms. The summed E-state index contributed by atoms with van der Waals surface area (Å²) in [5, 5.41) is 19.9. The molecule has 1 aromatic heterocycles. The van der Waals surface area contributed by atoms with Gasteiger partial charge in [-0.2, -0.15) is 5.10 Å². The van der Waals surface area contributed by atoms with Crippen molar-refractivity contribution in [3.8, 4) is 11.4 Å². The predicted octanol–water partition coefficient (Wildman–Crippen LogP) is 2.50. The van der Waals surface area contributed by atoms with Crippen LogP contribution >= 0.6 is 0 Å². The van der Waals surface area contributed by atoms with E-state index in [0.29, 0.717) is 24.4 Å². The van der Waals surface area contributed by atoms with Crippen LogP contribution in [0.2, 0.25) is 0 Å². The van der Waals surface area contributed by atoms with Crippen LogP contribution in [0.15, 0.2) is 30.6 Å². The van der Waals surface area contributed by atoms with E-state index in [1.165, 1.54) is 6.33 Å². The molecule has 0 aliphatic heterocycles. The Balaban J connectivity index is 1.59. The van der Waals surface area contributed by atoms with Crippen molar-refractivity contribution in [2.75, 3.05) is 5.32 Å². The number of rotatable bonds is 4. The average molecular weight is 300 g/mol. The number of benzene rings is 1. The Morgan fingerprint density at radius 1 is 1.23 bits per heavy atom. The molecule has 0 bridgehead atoms. The molecule has 1 heterocycles.